The molecule has 0 saturated heterocycles. The molecular weight excluding hydrogens is 276 g/mol. The highest BCUT2D eigenvalue weighted by Crippen LogP contribution is 2.36. The first-order valence-corrected chi connectivity index (χ1v) is 7.80. The Morgan fingerprint density at radius 1 is 1.27 bits per heavy atom. The molecule has 0 amide bonds. The lowest BCUT2D eigenvalue weighted by atomic mass is 10.2. The van der Waals surface area contributed by atoms with Gasteiger partial charge in [0, 0.05) is 24.1 Å². The Morgan fingerprint density at radius 2 is 2.09 bits per heavy atom. The molecule has 2 N–H and O–H groups in total. The zero-order valence-corrected chi connectivity index (χ0v) is 12.7. The van der Waals surface area contributed by atoms with E-state index in [0.717, 1.165) is 47.1 Å². The number of para-hydroxylation sites is 1. The van der Waals surface area contributed by atoms with Gasteiger partial charge in [-0.15, -0.1) is 0 Å². The molecule has 22 heavy (non-hydrogen) atoms. The molecule has 0 aliphatic heterocycles. The van der Waals surface area contributed by atoms with E-state index >= 15 is 0 Å². The van der Waals surface area contributed by atoms with Crippen LogP contribution < -0.4 is 5.73 Å². The number of aromatic nitrogens is 3. The van der Waals surface area contributed by atoms with Crippen molar-refractivity contribution in [2.75, 3.05) is 6.61 Å². The summed E-state index contributed by atoms with van der Waals surface area (Å²) in [5, 5.41) is 1.12. The highest BCUT2D eigenvalue weighted by Gasteiger charge is 2.39. The molecule has 0 atom stereocenters. The van der Waals surface area contributed by atoms with Gasteiger partial charge < -0.3 is 15.0 Å². The number of imidazole rings is 1. The average Bonchev–Trinajstić information content (AvgIpc) is 3.16. The Morgan fingerprint density at radius 3 is 2.86 bits per heavy atom. The fourth-order valence-corrected chi connectivity index (χ4v) is 2.92. The third-order valence-corrected chi connectivity index (χ3v) is 4.36. The highest BCUT2D eigenvalue weighted by atomic mass is 16.5. The van der Waals surface area contributed by atoms with Gasteiger partial charge in [-0.1, -0.05) is 18.2 Å². The van der Waals surface area contributed by atoms with Crippen molar-refractivity contribution >= 4 is 21.9 Å². The molecule has 0 bridgehead atoms. The smallest absolute Gasteiger partial charge is 0.136 e. The first kappa shape index (κ1) is 13.7. The van der Waals surface area contributed by atoms with Gasteiger partial charge in [-0.3, -0.25) is 4.98 Å². The topological polar surface area (TPSA) is 66.0 Å². The molecule has 1 aliphatic carbocycles. The quantitative estimate of drug-likeness (QED) is 0.786. The van der Waals surface area contributed by atoms with Crippen molar-refractivity contribution in [2.45, 2.75) is 38.5 Å². The molecule has 0 spiro atoms. The predicted octanol–water partition coefficient (Wildman–Crippen LogP) is 2.61. The van der Waals surface area contributed by atoms with E-state index in [0.29, 0.717) is 13.2 Å². The zero-order valence-electron chi connectivity index (χ0n) is 12.7. The fourth-order valence-electron chi connectivity index (χ4n) is 2.92. The van der Waals surface area contributed by atoms with Gasteiger partial charge in [0.15, 0.2) is 0 Å². The van der Waals surface area contributed by atoms with Crippen LogP contribution in [0.2, 0.25) is 0 Å². The van der Waals surface area contributed by atoms with E-state index in [1.165, 1.54) is 0 Å². The number of fused-ring (bicyclic) bond motifs is 3. The molecule has 2 aromatic heterocycles. The highest BCUT2D eigenvalue weighted by molar-refractivity contribution is 6.02. The third kappa shape index (κ3) is 2.26. The molecule has 2 heterocycles. The molecule has 5 nitrogen and oxygen atoms in total. The van der Waals surface area contributed by atoms with Crippen LogP contribution in [0.3, 0.4) is 0 Å². The molecule has 4 rings (SSSR count). The molecular formula is C17H20N4O. The van der Waals surface area contributed by atoms with Gasteiger partial charge >= 0.3 is 0 Å². The van der Waals surface area contributed by atoms with Crippen LogP contribution in [0.4, 0.5) is 0 Å². The summed E-state index contributed by atoms with van der Waals surface area (Å²) in [6.07, 6.45) is 3.99. The van der Waals surface area contributed by atoms with Gasteiger partial charge in [-0.2, -0.15) is 0 Å². The predicted molar refractivity (Wildman–Crippen MR) is 86.5 cm³/mol. The summed E-state index contributed by atoms with van der Waals surface area (Å²) >= 11 is 0. The standard InChI is InChI=1S/C17H20N4O/c1-2-22-10-15-20-14-9-19-13-6-4-3-5-12(13)16(14)21(15)11-17(18)7-8-17/h3-6,9H,2,7-8,10-11,18H2,1H3. The van der Waals surface area contributed by atoms with E-state index in [1.54, 1.807) is 0 Å². The summed E-state index contributed by atoms with van der Waals surface area (Å²) in [5.74, 6) is 0.937. The maximum Gasteiger partial charge on any atom is 0.136 e. The van der Waals surface area contributed by atoms with Crippen LogP contribution in [-0.2, 0) is 17.9 Å². The molecule has 5 heteroatoms. The third-order valence-electron chi connectivity index (χ3n) is 4.36. The van der Waals surface area contributed by atoms with E-state index in [-0.39, 0.29) is 5.54 Å². The minimum Gasteiger partial charge on any atom is -0.374 e. The molecule has 3 aromatic rings. The molecule has 0 radical (unpaired) electrons. The fraction of sp³-hybridized carbons (Fsp3) is 0.412. The summed E-state index contributed by atoms with van der Waals surface area (Å²) in [4.78, 5) is 9.24. The van der Waals surface area contributed by atoms with E-state index in [9.17, 15) is 0 Å². The number of nitrogens with zero attached hydrogens (tertiary/aromatic N) is 3. The van der Waals surface area contributed by atoms with E-state index in [2.05, 4.69) is 15.6 Å². The minimum atomic E-state index is -0.0844. The van der Waals surface area contributed by atoms with Crippen molar-refractivity contribution in [1.29, 1.82) is 0 Å². The number of hydrogen-bond donors (Lipinski definition) is 1. The van der Waals surface area contributed by atoms with Gasteiger partial charge in [0.25, 0.3) is 0 Å². The Labute approximate surface area is 129 Å². The molecule has 1 aromatic carbocycles. The zero-order chi connectivity index (χ0) is 15.2. The van der Waals surface area contributed by atoms with E-state index in [4.69, 9.17) is 15.5 Å². The number of nitrogens with two attached hydrogens (primary N) is 1. The van der Waals surface area contributed by atoms with Crippen LogP contribution in [0.25, 0.3) is 21.9 Å². The Kier molecular flexibility index (Phi) is 3.13. The van der Waals surface area contributed by atoms with Crippen LogP contribution in [0.5, 0.6) is 0 Å². The number of pyridine rings is 1. The van der Waals surface area contributed by atoms with Crippen molar-refractivity contribution in [2.24, 2.45) is 5.73 Å². The summed E-state index contributed by atoms with van der Waals surface area (Å²) in [6.45, 7) is 3.97. The van der Waals surface area contributed by atoms with Crippen LogP contribution in [0, 0.1) is 0 Å². The van der Waals surface area contributed by atoms with Crippen molar-refractivity contribution in [1.82, 2.24) is 14.5 Å². The molecule has 114 valence electrons. The summed E-state index contributed by atoms with van der Waals surface area (Å²) in [6, 6.07) is 8.18. The number of rotatable bonds is 5. The minimum absolute atomic E-state index is 0.0844. The van der Waals surface area contributed by atoms with Crippen LogP contribution in [-0.4, -0.2) is 26.7 Å². The molecule has 1 fully saturated rings. The van der Waals surface area contributed by atoms with E-state index in [1.807, 2.05) is 31.3 Å². The van der Waals surface area contributed by atoms with Crippen LogP contribution in [0.1, 0.15) is 25.6 Å². The van der Waals surface area contributed by atoms with Crippen molar-refractivity contribution < 1.29 is 4.74 Å². The summed E-state index contributed by atoms with van der Waals surface area (Å²) in [5.41, 5.74) is 9.30. The monoisotopic (exact) mass is 296 g/mol. The van der Waals surface area contributed by atoms with E-state index < -0.39 is 0 Å². The maximum absolute atomic E-state index is 6.37. The molecule has 0 unspecified atom stereocenters. The van der Waals surface area contributed by atoms with Gasteiger partial charge in [0.2, 0.25) is 0 Å². The lowest BCUT2D eigenvalue weighted by Crippen LogP contribution is -2.29. The lowest BCUT2D eigenvalue weighted by molar-refractivity contribution is 0.125. The largest absolute Gasteiger partial charge is 0.374 e. The average molecular weight is 296 g/mol. The Bertz CT molecular complexity index is 835. The maximum atomic E-state index is 6.37. The van der Waals surface area contributed by atoms with Crippen molar-refractivity contribution in [3.8, 4) is 0 Å². The Hall–Kier alpha value is -1.98. The Balaban J connectivity index is 1.94. The second-order valence-corrected chi connectivity index (χ2v) is 6.12. The molecule has 1 aliphatic rings. The first-order valence-electron chi connectivity index (χ1n) is 7.80. The SMILES string of the molecule is CCOCc1nc2cnc3ccccc3c2n1CC1(N)CC1. The van der Waals surface area contributed by atoms with Gasteiger partial charge in [0.05, 0.1) is 17.2 Å². The lowest BCUT2D eigenvalue weighted by Gasteiger charge is -2.14. The summed E-state index contributed by atoms with van der Waals surface area (Å²) in [7, 11) is 0. The number of hydrogen-bond acceptors (Lipinski definition) is 4. The van der Waals surface area contributed by atoms with Gasteiger partial charge in [-0.25, -0.2) is 4.98 Å². The normalized spacial score (nSPS) is 16.5. The number of ether oxygens (including phenoxy) is 1. The van der Waals surface area contributed by atoms with Crippen molar-refractivity contribution in [3.05, 3.63) is 36.3 Å². The van der Waals surface area contributed by atoms with Gasteiger partial charge in [-0.05, 0) is 25.8 Å². The van der Waals surface area contributed by atoms with Crippen LogP contribution in [0.15, 0.2) is 30.5 Å². The summed E-state index contributed by atoms with van der Waals surface area (Å²) < 4.78 is 7.83. The first-order chi connectivity index (χ1) is 10.7. The van der Waals surface area contributed by atoms with Crippen LogP contribution >= 0.6 is 0 Å². The van der Waals surface area contributed by atoms with Crippen molar-refractivity contribution in [3.63, 3.8) is 0 Å². The second kappa shape index (κ2) is 5.04. The number of benzene rings is 1. The van der Waals surface area contributed by atoms with Gasteiger partial charge in [0.1, 0.15) is 17.9 Å². The molecule has 1 saturated carbocycles. The second-order valence-electron chi connectivity index (χ2n) is 6.12.